The van der Waals surface area contributed by atoms with Crippen LogP contribution < -0.4 is 11.1 Å². The van der Waals surface area contributed by atoms with E-state index in [0.717, 1.165) is 17.0 Å². The lowest BCUT2D eigenvalue weighted by Gasteiger charge is -2.10. The molecule has 0 spiro atoms. The van der Waals surface area contributed by atoms with Gasteiger partial charge in [0.15, 0.2) is 5.69 Å². The SMILES string of the molecule is Cn1ccnc1-c1ccc(NC(=O)c2cc(C#N)nn2-c2cccc(CN)c2)cc1. The minimum atomic E-state index is -0.369. The Morgan fingerprint density at radius 1 is 1.20 bits per heavy atom. The zero-order valence-corrected chi connectivity index (χ0v) is 16.3. The Hall–Kier alpha value is -4.22. The van der Waals surface area contributed by atoms with E-state index in [-0.39, 0.29) is 17.3 Å². The quantitative estimate of drug-likeness (QED) is 0.537. The summed E-state index contributed by atoms with van der Waals surface area (Å²) in [5.74, 6) is 0.469. The number of carbonyl (C=O) groups excluding carboxylic acids is 1. The van der Waals surface area contributed by atoms with E-state index in [1.165, 1.54) is 10.7 Å². The summed E-state index contributed by atoms with van der Waals surface area (Å²) in [6.07, 6.45) is 3.61. The minimum absolute atomic E-state index is 0.156. The van der Waals surface area contributed by atoms with Crippen LogP contribution >= 0.6 is 0 Å². The van der Waals surface area contributed by atoms with Gasteiger partial charge in [0.2, 0.25) is 0 Å². The number of nitrogens with one attached hydrogen (secondary N) is 1. The highest BCUT2D eigenvalue weighted by atomic mass is 16.2. The molecule has 8 nitrogen and oxygen atoms in total. The molecule has 148 valence electrons. The maximum absolute atomic E-state index is 12.9. The molecule has 2 heterocycles. The normalized spacial score (nSPS) is 10.6. The van der Waals surface area contributed by atoms with Crippen LogP contribution in [0.2, 0.25) is 0 Å². The third-order valence-electron chi connectivity index (χ3n) is 4.67. The van der Waals surface area contributed by atoms with E-state index in [1.807, 2.05) is 72.4 Å². The van der Waals surface area contributed by atoms with Crippen molar-refractivity contribution in [3.8, 4) is 23.1 Å². The number of rotatable bonds is 5. The summed E-state index contributed by atoms with van der Waals surface area (Å²) in [5, 5.41) is 16.4. The molecule has 0 aliphatic rings. The Bertz CT molecular complexity index is 1250. The van der Waals surface area contributed by atoms with Crippen LogP contribution in [0.25, 0.3) is 17.1 Å². The molecule has 8 heteroatoms. The van der Waals surface area contributed by atoms with Crippen LogP contribution in [0.15, 0.2) is 67.0 Å². The molecular weight excluding hydrogens is 378 g/mol. The monoisotopic (exact) mass is 397 g/mol. The number of aromatic nitrogens is 4. The molecular formula is C22H19N7O. The number of anilines is 1. The summed E-state index contributed by atoms with van der Waals surface area (Å²) in [6.45, 7) is 0.365. The second kappa shape index (κ2) is 8.03. The van der Waals surface area contributed by atoms with Crippen molar-refractivity contribution in [3.05, 3.63) is 83.9 Å². The van der Waals surface area contributed by atoms with Crippen molar-refractivity contribution in [1.82, 2.24) is 19.3 Å². The number of carbonyl (C=O) groups is 1. The van der Waals surface area contributed by atoms with Gasteiger partial charge in [-0.25, -0.2) is 9.67 Å². The van der Waals surface area contributed by atoms with Crippen LogP contribution in [-0.4, -0.2) is 25.2 Å². The number of nitrogens with two attached hydrogens (primary N) is 1. The lowest BCUT2D eigenvalue weighted by molar-refractivity contribution is 0.101. The van der Waals surface area contributed by atoms with Crippen molar-refractivity contribution in [2.75, 3.05) is 5.32 Å². The van der Waals surface area contributed by atoms with E-state index in [2.05, 4.69) is 15.4 Å². The lowest BCUT2D eigenvalue weighted by atomic mass is 10.2. The molecule has 4 rings (SSSR count). The molecule has 0 radical (unpaired) electrons. The van der Waals surface area contributed by atoms with Gasteiger partial charge < -0.3 is 15.6 Å². The standard InChI is InChI=1S/C22H19N7O/c1-28-10-9-25-21(28)16-5-7-17(8-6-16)26-22(30)20-12-18(14-24)27-29(20)19-4-2-3-15(11-19)13-23/h2-12H,13,23H2,1H3,(H,26,30). The van der Waals surface area contributed by atoms with Gasteiger partial charge in [0.05, 0.1) is 5.69 Å². The number of hydrogen-bond acceptors (Lipinski definition) is 5. The van der Waals surface area contributed by atoms with E-state index in [0.29, 0.717) is 17.9 Å². The highest BCUT2D eigenvalue weighted by molar-refractivity contribution is 6.03. The van der Waals surface area contributed by atoms with Crippen molar-refractivity contribution < 1.29 is 4.79 Å². The van der Waals surface area contributed by atoms with Gasteiger partial charge >= 0.3 is 0 Å². The summed E-state index contributed by atoms with van der Waals surface area (Å²) in [5.41, 5.74) is 9.26. The fourth-order valence-electron chi connectivity index (χ4n) is 3.15. The third-order valence-corrected chi connectivity index (χ3v) is 4.67. The van der Waals surface area contributed by atoms with Gasteiger partial charge in [0.25, 0.3) is 5.91 Å². The summed E-state index contributed by atoms with van der Waals surface area (Å²) >= 11 is 0. The van der Waals surface area contributed by atoms with Gasteiger partial charge in [0.1, 0.15) is 17.6 Å². The Morgan fingerprint density at radius 2 is 2.00 bits per heavy atom. The van der Waals surface area contributed by atoms with E-state index in [1.54, 1.807) is 6.20 Å². The summed E-state index contributed by atoms with van der Waals surface area (Å²) in [6, 6.07) is 18.2. The molecule has 0 unspecified atom stereocenters. The number of benzene rings is 2. The van der Waals surface area contributed by atoms with E-state index >= 15 is 0 Å². The Labute approximate surface area is 173 Å². The van der Waals surface area contributed by atoms with Crippen LogP contribution in [0.3, 0.4) is 0 Å². The fraction of sp³-hybridized carbons (Fsp3) is 0.0909. The first-order chi connectivity index (χ1) is 14.6. The van der Waals surface area contributed by atoms with Crippen molar-refractivity contribution >= 4 is 11.6 Å². The highest BCUT2D eigenvalue weighted by Gasteiger charge is 2.17. The van der Waals surface area contributed by atoms with Gasteiger partial charge in [-0.1, -0.05) is 12.1 Å². The number of amides is 1. The molecule has 0 atom stereocenters. The third kappa shape index (κ3) is 3.70. The van der Waals surface area contributed by atoms with Gasteiger partial charge in [-0.05, 0) is 42.0 Å². The second-order valence-corrected chi connectivity index (χ2v) is 6.71. The zero-order chi connectivity index (χ0) is 21.1. The summed E-state index contributed by atoms with van der Waals surface area (Å²) in [7, 11) is 1.92. The van der Waals surface area contributed by atoms with Crippen molar-refractivity contribution in [3.63, 3.8) is 0 Å². The largest absolute Gasteiger partial charge is 0.334 e. The summed E-state index contributed by atoms with van der Waals surface area (Å²) in [4.78, 5) is 17.3. The number of hydrogen-bond donors (Lipinski definition) is 2. The van der Waals surface area contributed by atoms with Crippen LogP contribution in [-0.2, 0) is 13.6 Å². The van der Waals surface area contributed by atoms with Crippen molar-refractivity contribution in [2.45, 2.75) is 6.54 Å². The molecule has 0 aliphatic carbocycles. The zero-order valence-electron chi connectivity index (χ0n) is 16.3. The predicted molar refractivity (Wildman–Crippen MR) is 113 cm³/mol. The van der Waals surface area contributed by atoms with Gasteiger partial charge in [-0.3, -0.25) is 4.79 Å². The molecule has 0 fully saturated rings. The second-order valence-electron chi connectivity index (χ2n) is 6.71. The Kier molecular flexibility index (Phi) is 5.11. The molecule has 4 aromatic rings. The summed E-state index contributed by atoms with van der Waals surface area (Å²) < 4.78 is 3.38. The number of aryl methyl sites for hydroxylation is 1. The van der Waals surface area contributed by atoms with Crippen LogP contribution in [0, 0.1) is 11.3 Å². The predicted octanol–water partition coefficient (Wildman–Crippen LogP) is 2.86. The maximum atomic E-state index is 12.9. The molecule has 2 aromatic carbocycles. The lowest BCUT2D eigenvalue weighted by Crippen LogP contribution is -2.17. The molecule has 1 amide bonds. The number of imidazole rings is 1. The van der Waals surface area contributed by atoms with E-state index < -0.39 is 0 Å². The van der Waals surface area contributed by atoms with Crippen LogP contribution in [0.5, 0.6) is 0 Å². The molecule has 2 aromatic heterocycles. The minimum Gasteiger partial charge on any atom is -0.334 e. The maximum Gasteiger partial charge on any atom is 0.274 e. The highest BCUT2D eigenvalue weighted by Crippen LogP contribution is 2.21. The molecule has 30 heavy (non-hydrogen) atoms. The van der Waals surface area contributed by atoms with Crippen LogP contribution in [0.1, 0.15) is 21.7 Å². The van der Waals surface area contributed by atoms with Crippen LogP contribution in [0.4, 0.5) is 5.69 Å². The van der Waals surface area contributed by atoms with Crippen molar-refractivity contribution in [1.29, 1.82) is 5.26 Å². The Balaban J connectivity index is 1.61. The number of nitriles is 1. The smallest absolute Gasteiger partial charge is 0.274 e. The molecule has 0 saturated carbocycles. The molecule has 3 N–H and O–H groups in total. The van der Waals surface area contributed by atoms with Gasteiger partial charge in [-0.2, -0.15) is 10.4 Å². The van der Waals surface area contributed by atoms with Gasteiger partial charge in [-0.15, -0.1) is 0 Å². The first-order valence-corrected chi connectivity index (χ1v) is 9.27. The number of nitrogens with zero attached hydrogens (tertiary/aromatic N) is 5. The molecule has 0 saturated heterocycles. The van der Waals surface area contributed by atoms with E-state index in [9.17, 15) is 10.1 Å². The van der Waals surface area contributed by atoms with Gasteiger partial charge in [0, 0.05) is 43.3 Å². The average Bonchev–Trinajstić information content (AvgIpc) is 3.41. The first kappa shape index (κ1) is 19.1. The Morgan fingerprint density at radius 3 is 2.67 bits per heavy atom. The van der Waals surface area contributed by atoms with Crippen molar-refractivity contribution in [2.24, 2.45) is 12.8 Å². The molecule has 0 bridgehead atoms. The first-order valence-electron chi connectivity index (χ1n) is 9.27. The average molecular weight is 397 g/mol. The topological polar surface area (TPSA) is 115 Å². The fourth-order valence-corrected chi connectivity index (χ4v) is 3.15. The van der Waals surface area contributed by atoms with E-state index in [4.69, 9.17) is 5.73 Å². The molecule has 0 aliphatic heterocycles.